The second-order valence-corrected chi connectivity index (χ2v) is 5.32. The number of phenols is 1. The van der Waals surface area contributed by atoms with Crippen molar-refractivity contribution < 1.29 is 5.11 Å². The fraction of sp³-hybridized carbons (Fsp3) is 0.625. The number of rotatable bonds is 8. The predicted molar refractivity (Wildman–Crippen MR) is 78.0 cm³/mol. The number of unbranched alkanes of at least 4 members (excludes halogenated alkanes) is 1. The van der Waals surface area contributed by atoms with Crippen LogP contribution in [0.3, 0.4) is 0 Å². The Kier molecular flexibility index (Phi) is 6.81. The Hall–Kier alpha value is -1.02. The molecule has 0 aromatic heterocycles. The highest BCUT2D eigenvalue weighted by Gasteiger charge is 2.07. The number of nitrogens with one attached hydrogen (secondary N) is 1. The van der Waals surface area contributed by atoms with E-state index in [-0.39, 0.29) is 0 Å². The van der Waals surface area contributed by atoms with Crippen molar-refractivity contribution in [1.82, 2.24) is 5.32 Å². The lowest BCUT2D eigenvalue weighted by atomic mass is 10.0. The molecule has 0 aliphatic carbocycles. The number of phenolic OH excluding ortho intramolecular Hbond substituents is 1. The van der Waals surface area contributed by atoms with E-state index in [9.17, 15) is 5.11 Å². The molecular weight excluding hydrogens is 222 g/mol. The molecular formula is C16H27NO. The fourth-order valence-electron chi connectivity index (χ4n) is 2.21. The normalized spacial score (nSPS) is 14.4. The van der Waals surface area contributed by atoms with Crippen LogP contribution in [-0.4, -0.2) is 17.2 Å². The van der Waals surface area contributed by atoms with Gasteiger partial charge in [0.1, 0.15) is 5.75 Å². The van der Waals surface area contributed by atoms with Crippen molar-refractivity contribution in [2.75, 3.05) is 0 Å². The molecule has 2 N–H and O–H groups in total. The summed E-state index contributed by atoms with van der Waals surface area (Å²) in [5.74, 6) is 0.345. The predicted octanol–water partition coefficient (Wildman–Crippen LogP) is 3.88. The van der Waals surface area contributed by atoms with Gasteiger partial charge in [0.15, 0.2) is 0 Å². The largest absolute Gasteiger partial charge is 0.508 e. The molecule has 0 bridgehead atoms. The summed E-state index contributed by atoms with van der Waals surface area (Å²) in [5.41, 5.74) is 1.29. The lowest BCUT2D eigenvalue weighted by molar-refractivity contribution is 0.420. The van der Waals surface area contributed by atoms with E-state index in [2.05, 4.69) is 26.1 Å². The molecule has 0 aliphatic heterocycles. The summed E-state index contributed by atoms with van der Waals surface area (Å²) in [6.07, 6.45) is 6.04. The zero-order valence-corrected chi connectivity index (χ0v) is 11.9. The van der Waals surface area contributed by atoms with E-state index in [4.69, 9.17) is 0 Å². The summed E-state index contributed by atoms with van der Waals surface area (Å²) in [6, 6.07) is 8.69. The summed E-state index contributed by atoms with van der Waals surface area (Å²) in [4.78, 5) is 0. The van der Waals surface area contributed by atoms with Crippen molar-refractivity contribution in [3.05, 3.63) is 29.8 Å². The van der Waals surface area contributed by atoms with E-state index < -0.39 is 0 Å². The zero-order valence-electron chi connectivity index (χ0n) is 11.9. The average molecular weight is 249 g/mol. The molecule has 0 fully saturated rings. The average Bonchev–Trinajstić information content (AvgIpc) is 2.35. The van der Waals surface area contributed by atoms with Gasteiger partial charge < -0.3 is 10.4 Å². The van der Waals surface area contributed by atoms with Crippen molar-refractivity contribution in [3.63, 3.8) is 0 Å². The van der Waals surface area contributed by atoms with Gasteiger partial charge in [0.05, 0.1) is 0 Å². The maximum Gasteiger partial charge on any atom is 0.115 e. The van der Waals surface area contributed by atoms with Crippen LogP contribution in [0.5, 0.6) is 5.75 Å². The van der Waals surface area contributed by atoms with Gasteiger partial charge in [-0.3, -0.25) is 0 Å². The summed E-state index contributed by atoms with van der Waals surface area (Å²) in [5, 5.41) is 12.9. The lowest BCUT2D eigenvalue weighted by Crippen LogP contribution is -2.34. The topological polar surface area (TPSA) is 32.3 Å². The Morgan fingerprint density at radius 3 is 2.28 bits per heavy atom. The molecule has 102 valence electrons. The fourth-order valence-corrected chi connectivity index (χ4v) is 2.21. The molecule has 1 rings (SSSR count). The van der Waals surface area contributed by atoms with Crippen molar-refractivity contribution in [1.29, 1.82) is 0 Å². The highest BCUT2D eigenvalue weighted by Crippen LogP contribution is 2.12. The molecule has 0 saturated carbocycles. The van der Waals surface area contributed by atoms with E-state index in [1.54, 1.807) is 12.1 Å². The van der Waals surface area contributed by atoms with Gasteiger partial charge in [0.25, 0.3) is 0 Å². The van der Waals surface area contributed by atoms with Gasteiger partial charge in [-0.2, -0.15) is 0 Å². The molecule has 2 nitrogen and oxygen atoms in total. The Bertz CT molecular complexity index is 320. The van der Waals surface area contributed by atoms with Crippen LogP contribution < -0.4 is 5.32 Å². The summed E-state index contributed by atoms with van der Waals surface area (Å²) < 4.78 is 0. The molecule has 1 aromatic rings. The molecule has 0 radical (unpaired) electrons. The van der Waals surface area contributed by atoms with E-state index in [0.717, 1.165) is 12.8 Å². The van der Waals surface area contributed by atoms with E-state index in [1.807, 2.05) is 12.1 Å². The van der Waals surface area contributed by atoms with Crippen LogP contribution in [0.1, 0.15) is 52.0 Å². The Labute approximate surface area is 111 Å². The molecule has 1 aromatic carbocycles. The number of benzene rings is 1. The smallest absolute Gasteiger partial charge is 0.115 e. The molecule has 2 heteroatoms. The minimum Gasteiger partial charge on any atom is -0.508 e. The standard InChI is InChI=1S/C16H27NO/c1-4-5-6-13(2)17-14(3)7-8-15-9-11-16(18)12-10-15/h9-14,17-18H,4-8H2,1-3H3. The van der Waals surface area contributed by atoms with E-state index >= 15 is 0 Å². The number of aromatic hydroxyl groups is 1. The third kappa shape index (κ3) is 6.06. The van der Waals surface area contributed by atoms with Crippen LogP contribution in [-0.2, 0) is 6.42 Å². The van der Waals surface area contributed by atoms with Gasteiger partial charge in [-0.25, -0.2) is 0 Å². The first-order chi connectivity index (χ1) is 8.61. The second kappa shape index (κ2) is 8.15. The molecule has 18 heavy (non-hydrogen) atoms. The number of hydrogen-bond donors (Lipinski definition) is 2. The van der Waals surface area contributed by atoms with Gasteiger partial charge >= 0.3 is 0 Å². The maximum absolute atomic E-state index is 9.22. The number of aryl methyl sites for hydroxylation is 1. The molecule has 0 aliphatic rings. The minimum absolute atomic E-state index is 0.345. The van der Waals surface area contributed by atoms with Crippen molar-refractivity contribution >= 4 is 0 Å². The highest BCUT2D eigenvalue weighted by molar-refractivity contribution is 5.25. The van der Waals surface area contributed by atoms with Crippen LogP contribution in [0.15, 0.2) is 24.3 Å². The van der Waals surface area contributed by atoms with Crippen LogP contribution in [0, 0.1) is 0 Å². The maximum atomic E-state index is 9.22. The first-order valence-corrected chi connectivity index (χ1v) is 7.15. The van der Waals surface area contributed by atoms with Gasteiger partial charge in [0.2, 0.25) is 0 Å². The van der Waals surface area contributed by atoms with Crippen LogP contribution in [0.2, 0.25) is 0 Å². The third-order valence-corrected chi connectivity index (χ3v) is 3.36. The lowest BCUT2D eigenvalue weighted by Gasteiger charge is -2.19. The molecule has 0 heterocycles. The minimum atomic E-state index is 0.345. The molecule has 2 atom stereocenters. The van der Waals surface area contributed by atoms with Gasteiger partial charge in [-0.1, -0.05) is 31.9 Å². The Balaban J connectivity index is 2.24. The molecule has 0 amide bonds. The van der Waals surface area contributed by atoms with E-state index in [1.165, 1.54) is 24.8 Å². The summed E-state index contributed by atoms with van der Waals surface area (Å²) in [7, 11) is 0. The first-order valence-electron chi connectivity index (χ1n) is 7.15. The molecule has 0 spiro atoms. The second-order valence-electron chi connectivity index (χ2n) is 5.32. The van der Waals surface area contributed by atoms with Crippen molar-refractivity contribution in [3.8, 4) is 5.75 Å². The van der Waals surface area contributed by atoms with Gasteiger partial charge in [-0.15, -0.1) is 0 Å². The molecule has 2 unspecified atom stereocenters. The number of hydrogen-bond acceptors (Lipinski definition) is 2. The molecule has 0 saturated heterocycles. The van der Waals surface area contributed by atoms with E-state index in [0.29, 0.717) is 17.8 Å². The Morgan fingerprint density at radius 1 is 1.06 bits per heavy atom. The first kappa shape index (κ1) is 15.0. The zero-order chi connectivity index (χ0) is 13.4. The SMILES string of the molecule is CCCCC(C)NC(C)CCc1ccc(O)cc1. The van der Waals surface area contributed by atoms with Crippen molar-refractivity contribution in [2.24, 2.45) is 0 Å². The highest BCUT2D eigenvalue weighted by atomic mass is 16.3. The quantitative estimate of drug-likeness (QED) is 0.732. The summed E-state index contributed by atoms with van der Waals surface area (Å²) >= 11 is 0. The van der Waals surface area contributed by atoms with Crippen molar-refractivity contribution in [2.45, 2.75) is 65.0 Å². The van der Waals surface area contributed by atoms with Crippen LogP contribution >= 0.6 is 0 Å². The van der Waals surface area contributed by atoms with Gasteiger partial charge in [0, 0.05) is 12.1 Å². The third-order valence-electron chi connectivity index (χ3n) is 3.36. The van der Waals surface area contributed by atoms with Crippen LogP contribution in [0.25, 0.3) is 0 Å². The van der Waals surface area contributed by atoms with Crippen LogP contribution in [0.4, 0.5) is 0 Å². The van der Waals surface area contributed by atoms with Gasteiger partial charge in [-0.05, 0) is 50.8 Å². The summed E-state index contributed by atoms with van der Waals surface area (Å²) in [6.45, 7) is 6.76. The Morgan fingerprint density at radius 2 is 1.67 bits per heavy atom. The monoisotopic (exact) mass is 249 g/mol.